The minimum Gasteiger partial charge on any atom is -0.361 e. The first-order valence-electron chi connectivity index (χ1n) is 9.44. The van der Waals surface area contributed by atoms with Gasteiger partial charge in [0.15, 0.2) is 0 Å². The molecule has 1 amide bonds. The number of carbonyl (C=O) groups excluding carboxylic acids is 1. The van der Waals surface area contributed by atoms with Gasteiger partial charge >= 0.3 is 0 Å². The highest BCUT2D eigenvalue weighted by molar-refractivity contribution is 5.93. The van der Waals surface area contributed by atoms with Gasteiger partial charge in [-0.25, -0.2) is 0 Å². The summed E-state index contributed by atoms with van der Waals surface area (Å²) in [6.07, 6.45) is 5.65. The molecule has 1 spiro atoms. The molecule has 4 heteroatoms. The maximum atomic E-state index is 13.8. The number of rotatable bonds is 3. The number of likely N-dealkylation sites (tertiary alicyclic amines) is 1. The number of piperidine rings is 1. The van der Waals surface area contributed by atoms with Crippen molar-refractivity contribution in [3.63, 3.8) is 0 Å². The quantitative estimate of drug-likeness (QED) is 0.862. The van der Waals surface area contributed by atoms with E-state index >= 15 is 0 Å². The Balaban J connectivity index is 1.80. The Morgan fingerprint density at radius 1 is 1.24 bits per heavy atom. The van der Waals surface area contributed by atoms with E-state index in [1.54, 1.807) is 0 Å². The van der Waals surface area contributed by atoms with Crippen LogP contribution in [0.4, 0.5) is 0 Å². The molecule has 3 atom stereocenters. The largest absolute Gasteiger partial charge is 0.361 e. The third kappa shape index (κ3) is 1.51. The average molecular weight is 336 g/mol. The molecular weight excluding hydrogens is 312 g/mol. The zero-order valence-corrected chi connectivity index (χ0v) is 14.9. The highest BCUT2D eigenvalue weighted by atomic mass is 16.5. The van der Waals surface area contributed by atoms with Crippen molar-refractivity contribution in [1.82, 2.24) is 10.1 Å². The molecule has 0 N–H and O–H groups in total. The predicted molar refractivity (Wildman–Crippen MR) is 94.2 cm³/mol. The molecule has 1 aromatic carbocycles. The summed E-state index contributed by atoms with van der Waals surface area (Å²) in [5, 5.41) is 4.12. The first-order valence-corrected chi connectivity index (χ1v) is 9.44. The van der Waals surface area contributed by atoms with Gasteiger partial charge < -0.3 is 9.42 Å². The number of hydrogen-bond acceptors (Lipinski definition) is 3. The van der Waals surface area contributed by atoms with E-state index < -0.39 is 5.41 Å². The molecule has 1 saturated heterocycles. The van der Waals surface area contributed by atoms with E-state index in [1.165, 1.54) is 5.56 Å². The number of amides is 1. The van der Waals surface area contributed by atoms with E-state index in [0.29, 0.717) is 12.3 Å². The van der Waals surface area contributed by atoms with Crippen LogP contribution in [0.15, 0.2) is 41.1 Å². The van der Waals surface area contributed by atoms with Gasteiger partial charge in [0.1, 0.15) is 5.76 Å². The summed E-state index contributed by atoms with van der Waals surface area (Å²) >= 11 is 0. The van der Waals surface area contributed by atoms with E-state index in [0.717, 1.165) is 43.7 Å². The molecule has 2 aliphatic carbocycles. The SMILES string of the molecule is CCN1CC[C@]23C[C@@]2(CC)c2oncc2CC3(c2ccccc2)C1=O. The molecular formula is C21H24N2O2. The monoisotopic (exact) mass is 336 g/mol. The summed E-state index contributed by atoms with van der Waals surface area (Å²) in [5.74, 6) is 1.36. The van der Waals surface area contributed by atoms with Crippen molar-refractivity contribution in [3.05, 3.63) is 53.4 Å². The number of aromatic nitrogens is 1. The van der Waals surface area contributed by atoms with Crippen LogP contribution in [-0.4, -0.2) is 29.1 Å². The van der Waals surface area contributed by atoms with Crippen LogP contribution < -0.4 is 0 Å². The number of hydrogen-bond donors (Lipinski definition) is 0. The van der Waals surface area contributed by atoms with Gasteiger partial charge in [0.05, 0.1) is 11.6 Å². The van der Waals surface area contributed by atoms with Gasteiger partial charge in [-0.05, 0) is 38.2 Å². The molecule has 2 heterocycles. The van der Waals surface area contributed by atoms with Gasteiger partial charge in [-0.1, -0.05) is 42.4 Å². The third-order valence-electron chi connectivity index (χ3n) is 7.46. The second-order valence-corrected chi connectivity index (χ2v) is 7.96. The van der Waals surface area contributed by atoms with Crippen LogP contribution in [-0.2, 0) is 22.0 Å². The predicted octanol–water partition coefficient (Wildman–Crippen LogP) is 3.46. The molecule has 0 bridgehead atoms. The molecule has 2 aromatic rings. The van der Waals surface area contributed by atoms with Crippen molar-refractivity contribution >= 4 is 5.91 Å². The summed E-state index contributed by atoms with van der Waals surface area (Å²) < 4.78 is 5.74. The van der Waals surface area contributed by atoms with E-state index in [1.807, 2.05) is 12.3 Å². The maximum Gasteiger partial charge on any atom is 0.234 e. The number of benzene rings is 1. The van der Waals surface area contributed by atoms with Crippen molar-refractivity contribution < 1.29 is 9.32 Å². The Morgan fingerprint density at radius 2 is 2.04 bits per heavy atom. The van der Waals surface area contributed by atoms with Gasteiger partial charge in [-0.3, -0.25) is 4.79 Å². The first kappa shape index (κ1) is 15.2. The summed E-state index contributed by atoms with van der Waals surface area (Å²) in [7, 11) is 0. The molecule has 1 unspecified atom stereocenters. The fraction of sp³-hybridized carbons (Fsp3) is 0.524. The lowest BCUT2D eigenvalue weighted by Gasteiger charge is -2.52. The highest BCUT2D eigenvalue weighted by Gasteiger charge is 2.82. The molecule has 1 saturated carbocycles. The normalized spacial score (nSPS) is 35.8. The molecule has 0 radical (unpaired) electrons. The molecule has 1 aliphatic heterocycles. The number of carbonyl (C=O) groups is 1. The van der Waals surface area contributed by atoms with Crippen molar-refractivity contribution in [2.24, 2.45) is 5.41 Å². The molecule has 2 fully saturated rings. The van der Waals surface area contributed by atoms with Gasteiger partial charge in [0.25, 0.3) is 0 Å². The second kappa shape index (κ2) is 4.75. The minimum absolute atomic E-state index is 0.0224. The van der Waals surface area contributed by atoms with Gasteiger partial charge in [-0.15, -0.1) is 0 Å². The van der Waals surface area contributed by atoms with Crippen LogP contribution in [0.5, 0.6) is 0 Å². The molecule has 5 rings (SSSR count). The fourth-order valence-corrected chi connectivity index (χ4v) is 6.23. The minimum atomic E-state index is -0.475. The van der Waals surface area contributed by atoms with E-state index in [2.05, 4.69) is 48.2 Å². The lowest BCUT2D eigenvalue weighted by molar-refractivity contribution is -0.147. The summed E-state index contributed by atoms with van der Waals surface area (Å²) in [5.41, 5.74) is 1.77. The van der Waals surface area contributed by atoms with Crippen LogP contribution in [0.3, 0.4) is 0 Å². The van der Waals surface area contributed by atoms with Gasteiger partial charge in [-0.2, -0.15) is 0 Å². The van der Waals surface area contributed by atoms with Crippen LogP contribution >= 0.6 is 0 Å². The Bertz CT molecular complexity index is 845. The lowest BCUT2D eigenvalue weighted by Crippen LogP contribution is -2.61. The van der Waals surface area contributed by atoms with Gasteiger partial charge in [0, 0.05) is 29.5 Å². The van der Waals surface area contributed by atoms with Crippen LogP contribution in [0.25, 0.3) is 0 Å². The molecule has 4 nitrogen and oxygen atoms in total. The Hall–Kier alpha value is -2.10. The second-order valence-electron chi connectivity index (χ2n) is 7.96. The Kier molecular flexibility index (Phi) is 2.88. The number of fused-ring (bicyclic) bond motifs is 2. The van der Waals surface area contributed by atoms with Crippen LogP contribution in [0.1, 0.15) is 50.0 Å². The molecule has 25 heavy (non-hydrogen) atoms. The summed E-state index contributed by atoms with van der Waals surface area (Å²) in [4.78, 5) is 15.9. The van der Waals surface area contributed by atoms with E-state index in [4.69, 9.17) is 4.52 Å². The Morgan fingerprint density at radius 3 is 2.76 bits per heavy atom. The number of likely N-dealkylation sites (N-methyl/N-ethyl adjacent to an activating group) is 1. The van der Waals surface area contributed by atoms with Crippen molar-refractivity contribution in [2.75, 3.05) is 13.1 Å². The first-order chi connectivity index (χ1) is 12.1. The average Bonchev–Trinajstić information content (AvgIpc) is 3.10. The van der Waals surface area contributed by atoms with Crippen LogP contribution in [0, 0.1) is 5.41 Å². The van der Waals surface area contributed by atoms with Crippen molar-refractivity contribution in [1.29, 1.82) is 0 Å². The third-order valence-corrected chi connectivity index (χ3v) is 7.46. The van der Waals surface area contributed by atoms with E-state index in [9.17, 15) is 4.79 Å². The summed E-state index contributed by atoms with van der Waals surface area (Å²) in [6.45, 7) is 5.95. The topological polar surface area (TPSA) is 46.3 Å². The van der Waals surface area contributed by atoms with Crippen molar-refractivity contribution in [3.8, 4) is 0 Å². The highest BCUT2D eigenvalue weighted by Crippen LogP contribution is 2.80. The zero-order valence-electron chi connectivity index (χ0n) is 14.9. The smallest absolute Gasteiger partial charge is 0.234 e. The zero-order chi connectivity index (χ0) is 17.3. The molecule has 1 aromatic heterocycles. The van der Waals surface area contributed by atoms with Gasteiger partial charge in [0.2, 0.25) is 5.91 Å². The molecule has 130 valence electrons. The fourth-order valence-electron chi connectivity index (χ4n) is 6.23. The lowest BCUT2D eigenvalue weighted by atomic mass is 9.54. The standard InChI is InChI=1S/C21H24N2O2/c1-3-19-14-20(19)10-11-23(4-2)18(24)21(20,16-8-6-5-7-9-16)12-15-13-22-25-17(15)19/h5-9,13H,3-4,10-12,14H2,1-2H3/t19-,20-,21?/m0/s1. The molecule has 3 aliphatic rings. The van der Waals surface area contributed by atoms with Crippen LogP contribution in [0.2, 0.25) is 0 Å². The summed E-state index contributed by atoms with van der Waals surface area (Å²) in [6, 6.07) is 10.5. The van der Waals surface area contributed by atoms with E-state index in [-0.39, 0.29) is 10.8 Å². The maximum absolute atomic E-state index is 13.8. The number of nitrogens with zero attached hydrogens (tertiary/aromatic N) is 2. The van der Waals surface area contributed by atoms with Crippen molar-refractivity contribution in [2.45, 2.75) is 50.4 Å². The Labute approximate surface area is 148 Å².